The first-order valence-corrected chi connectivity index (χ1v) is 3.62. The Morgan fingerprint density at radius 2 is 2.31 bits per heavy atom. The van der Waals surface area contributed by atoms with Crippen LogP contribution in [0.1, 0.15) is 15.9 Å². The topological polar surface area (TPSA) is 37.3 Å². The summed E-state index contributed by atoms with van der Waals surface area (Å²) < 4.78 is 12.9. The standard InChI is InChI=1S/C10H7FO2/c11-10-6-8(2-1-5-12)3-4-9(10)7-13/h3-4,6-7,12H,5H2. The molecular weight excluding hydrogens is 171 g/mol. The van der Waals surface area contributed by atoms with Crippen LogP contribution in [-0.4, -0.2) is 18.0 Å². The molecule has 0 atom stereocenters. The fraction of sp³-hybridized carbons (Fsp3) is 0.100. The molecule has 0 unspecified atom stereocenters. The van der Waals surface area contributed by atoms with Gasteiger partial charge in [0, 0.05) is 5.56 Å². The molecule has 0 aliphatic rings. The quantitative estimate of drug-likeness (QED) is 0.514. The van der Waals surface area contributed by atoms with Crippen molar-refractivity contribution in [2.45, 2.75) is 0 Å². The van der Waals surface area contributed by atoms with Gasteiger partial charge in [-0.3, -0.25) is 4.79 Å². The molecule has 1 rings (SSSR count). The summed E-state index contributed by atoms with van der Waals surface area (Å²) in [6.07, 6.45) is 0.443. The summed E-state index contributed by atoms with van der Waals surface area (Å²) in [4.78, 5) is 10.2. The Morgan fingerprint density at radius 1 is 1.54 bits per heavy atom. The zero-order valence-corrected chi connectivity index (χ0v) is 6.75. The van der Waals surface area contributed by atoms with E-state index in [0.717, 1.165) is 6.07 Å². The Hall–Kier alpha value is -1.66. The molecule has 0 saturated carbocycles. The van der Waals surface area contributed by atoms with E-state index < -0.39 is 5.82 Å². The Bertz CT molecular complexity index is 374. The minimum Gasteiger partial charge on any atom is -0.384 e. The molecule has 2 nitrogen and oxygen atoms in total. The number of rotatable bonds is 1. The van der Waals surface area contributed by atoms with E-state index in [9.17, 15) is 9.18 Å². The molecule has 0 fully saturated rings. The SMILES string of the molecule is O=Cc1ccc(C#CCO)cc1F. The molecule has 0 heterocycles. The molecule has 1 N–H and O–H groups in total. The summed E-state index contributed by atoms with van der Waals surface area (Å²) in [5.74, 6) is 4.31. The van der Waals surface area contributed by atoms with Crippen molar-refractivity contribution < 1.29 is 14.3 Å². The molecule has 0 amide bonds. The number of hydrogen-bond acceptors (Lipinski definition) is 2. The van der Waals surface area contributed by atoms with Crippen LogP contribution in [0.4, 0.5) is 4.39 Å². The third kappa shape index (κ3) is 2.39. The molecular formula is C10H7FO2. The number of aldehydes is 1. The van der Waals surface area contributed by atoms with Crippen LogP contribution in [0, 0.1) is 17.7 Å². The second-order valence-corrected chi connectivity index (χ2v) is 2.31. The first kappa shape index (κ1) is 9.43. The van der Waals surface area contributed by atoms with Gasteiger partial charge in [-0.05, 0) is 18.2 Å². The number of halogens is 1. The van der Waals surface area contributed by atoms with Crippen LogP contribution in [0.3, 0.4) is 0 Å². The minimum atomic E-state index is -0.597. The number of benzene rings is 1. The van der Waals surface area contributed by atoms with Crippen LogP contribution < -0.4 is 0 Å². The molecule has 0 aromatic heterocycles. The number of carbonyl (C=O) groups is 1. The van der Waals surface area contributed by atoms with Crippen LogP contribution >= 0.6 is 0 Å². The molecule has 0 radical (unpaired) electrons. The van der Waals surface area contributed by atoms with E-state index in [2.05, 4.69) is 11.8 Å². The highest BCUT2D eigenvalue weighted by Gasteiger charge is 1.99. The lowest BCUT2D eigenvalue weighted by atomic mass is 10.1. The average molecular weight is 178 g/mol. The highest BCUT2D eigenvalue weighted by atomic mass is 19.1. The maximum absolute atomic E-state index is 12.9. The smallest absolute Gasteiger partial charge is 0.152 e. The fourth-order valence-electron chi connectivity index (χ4n) is 0.842. The summed E-state index contributed by atoms with van der Waals surface area (Å²) in [7, 11) is 0. The van der Waals surface area contributed by atoms with Gasteiger partial charge >= 0.3 is 0 Å². The van der Waals surface area contributed by atoms with Crippen LogP contribution in [0.2, 0.25) is 0 Å². The Morgan fingerprint density at radius 3 is 2.85 bits per heavy atom. The maximum atomic E-state index is 12.9. The summed E-state index contributed by atoms with van der Waals surface area (Å²) in [5, 5.41) is 8.37. The van der Waals surface area contributed by atoms with E-state index in [1.165, 1.54) is 12.1 Å². The van der Waals surface area contributed by atoms with Crippen molar-refractivity contribution in [2.75, 3.05) is 6.61 Å². The second kappa shape index (κ2) is 4.39. The Labute approximate surface area is 75.0 Å². The lowest BCUT2D eigenvalue weighted by Gasteiger charge is -1.94. The van der Waals surface area contributed by atoms with E-state index in [1.807, 2.05) is 0 Å². The lowest BCUT2D eigenvalue weighted by Crippen LogP contribution is -1.88. The van der Waals surface area contributed by atoms with Gasteiger partial charge in [-0.2, -0.15) is 0 Å². The third-order valence-corrected chi connectivity index (χ3v) is 1.44. The molecule has 1 aromatic carbocycles. The fourth-order valence-corrected chi connectivity index (χ4v) is 0.842. The highest BCUT2D eigenvalue weighted by molar-refractivity contribution is 5.75. The predicted molar refractivity (Wildman–Crippen MR) is 45.8 cm³/mol. The van der Waals surface area contributed by atoms with Crippen molar-refractivity contribution in [2.24, 2.45) is 0 Å². The van der Waals surface area contributed by atoms with E-state index >= 15 is 0 Å². The first-order chi connectivity index (χ1) is 6.27. The largest absolute Gasteiger partial charge is 0.384 e. The summed E-state index contributed by atoms with van der Waals surface area (Å²) in [6, 6.07) is 4.03. The van der Waals surface area contributed by atoms with Crippen molar-refractivity contribution in [3.8, 4) is 11.8 Å². The van der Waals surface area contributed by atoms with E-state index in [0.29, 0.717) is 11.8 Å². The average Bonchev–Trinajstić information content (AvgIpc) is 2.15. The summed E-state index contributed by atoms with van der Waals surface area (Å²) in [5.41, 5.74) is 0.451. The Balaban J connectivity index is 3.02. The van der Waals surface area contributed by atoms with Gasteiger partial charge in [0.15, 0.2) is 6.29 Å². The Kier molecular flexibility index (Phi) is 3.18. The van der Waals surface area contributed by atoms with Crippen LogP contribution in [0.5, 0.6) is 0 Å². The van der Waals surface area contributed by atoms with Crippen molar-refractivity contribution >= 4 is 6.29 Å². The highest BCUT2D eigenvalue weighted by Crippen LogP contribution is 2.07. The molecule has 66 valence electrons. The molecule has 1 aromatic rings. The number of aliphatic hydroxyl groups excluding tert-OH is 1. The molecule has 0 aliphatic heterocycles. The van der Waals surface area contributed by atoms with E-state index in [-0.39, 0.29) is 12.2 Å². The normalized spacial score (nSPS) is 8.77. The lowest BCUT2D eigenvalue weighted by molar-refractivity contribution is 0.112. The zero-order chi connectivity index (χ0) is 9.68. The van der Waals surface area contributed by atoms with E-state index in [1.54, 1.807) is 0 Å². The van der Waals surface area contributed by atoms with Gasteiger partial charge in [0.2, 0.25) is 0 Å². The summed E-state index contributed by atoms with van der Waals surface area (Å²) in [6.45, 7) is -0.267. The van der Waals surface area contributed by atoms with Gasteiger partial charge in [0.05, 0.1) is 5.56 Å². The van der Waals surface area contributed by atoms with Gasteiger partial charge in [-0.15, -0.1) is 0 Å². The van der Waals surface area contributed by atoms with Crippen LogP contribution in [0.25, 0.3) is 0 Å². The van der Waals surface area contributed by atoms with Gasteiger partial charge in [0.25, 0.3) is 0 Å². The van der Waals surface area contributed by atoms with Crippen molar-refractivity contribution in [3.05, 3.63) is 35.1 Å². The van der Waals surface area contributed by atoms with Crippen LogP contribution in [-0.2, 0) is 0 Å². The molecule has 0 aliphatic carbocycles. The van der Waals surface area contributed by atoms with Gasteiger partial charge in [-0.25, -0.2) is 4.39 Å². The zero-order valence-electron chi connectivity index (χ0n) is 6.75. The molecule has 0 spiro atoms. The van der Waals surface area contributed by atoms with Gasteiger partial charge < -0.3 is 5.11 Å². The van der Waals surface area contributed by atoms with E-state index in [4.69, 9.17) is 5.11 Å². The first-order valence-electron chi connectivity index (χ1n) is 3.62. The molecule has 3 heteroatoms. The van der Waals surface area contributed by atoms with Crippen LogP contribution in [0.15, 0.2) is 18.2 Å². The monoisotopic (exact) mass is 178 g/mol. The molecule has 0 saturated heterocycles. The van der Waals surface area contributed by atoms with Gasteiger partial charge in [0.1, 0.15) is 12.4 Å². The number of aliphatic hydroxyl groups is 1. The van der Waals surface area contributed by atoms with Crippen molar-refractivity contribution in [1.82, 2.24) is 0 Å². The maximum Gasteiger partial charge on any atom is 0.152 e. The summed E-state index contributed by atoms with van der Waals surface area (Å²) >= 11 is 0. The van der Waals surface area contributed by atoms with Crippen molar-refractivity contribution in [1.29, 1.82) is 0 Å². The second-order valence-electron chi connectivity index (χ2n) is 2.31. The third-order valence-electron chi connectivity index (χ3n) is 1.44. The number of carbonyl (C=O) groups excluding carboxylic acids is 1. The molecule has 0 bridgehead atoms. The van der Waals surface area contributed by atoms with Gasteiger partial charge in [-0.1, -0.05) is 11.8 Å². The molecule has 13 heavy (non-hydrogen) atoms. The van der Waals surface area contributed by atoms with Crippen molar-refractivity contribution in [3.63, 3.8) is 0 Å². The minimum absolute atomic E-state index is 0.00884. The number of hydrogen-bond donors (Lipinski definition) is 1. The predicted octanol–water partition coefficient (Wildman–Crippen LogP) is 0.982.